The van der Waals surface area contributed by atoms with Gasteiger partial charge in [-0.25, -0.2) is 0 Å². The van der Waals surface area contributed by atoms with Crippen LogP contribution in [0.25, 0.3) is 0 Å². The molecule has 0 spiro atoms. The lowest BCUT2D eigenvalue weighted by molar-refractivity contribution is 0.0507. The first-order valence-corrected chi connectivity index (χ1v) is 8.72. The van der Waals surface area contributed by atoms with Crippen molar-refractivity contribution in [3.05, 3.63) is 35.9 Å². The highest BCUT2D eigenvalue weighted by Crippen LogP contribution is 2.37. The van der Waals surface area contributed by atoms with Gasteiger partial charge in [0.1, 0.15) is 13.0 Å². The van der Waals surface area contributed by atoms with Gasteiger partial charge in [-0.2, -0.15) is 5.10 Å². The van der Waals surface area contributed by atoms with E-state index in [9.17, 15) is 0 Å². The molecule has 1 aromatic rings. The quantitative estimate of drug-likeness (QED) is 0.831. The molecule has 3 atom stereocenters. The molecular weight excluding hydrogens is 270 g/mol. The van der Waals surface area contributed by atoms with E-state index in [4.69, 9.17) is 5.10 Å². The molecule has 1 aromatic carbocycles. The number of nitrogens with zero attached hydrogens (tertiary/aromatic N) is 3. The van der Waals surface area contributed by atoms with Crippen molar-refractivity contribution in [2.75, 3.05) is 6.67 Å². The molecule has 22 heavy (non-hydrogen) atoms. The van der Waals surface area contributed by atoms with Gasteiger partial charge in [0.05, 0.1) is 6.04 Å². The highest BCUT2D eigenvalue weighted by molar-refractivity contribution is 5.56. The standard InChI is InChI=1S/C19H29N3/c1-15(2)18-10-9-16(3)11-19(18)22-14-21(13-20-22)12-17-7-5-4-6-8-17/h4-8,13,15-16,18-19H,9-12,14H2,1-3H3/t16-,18+,19+/m0/s1. The Balaban J connectivity index is 1.62. The van der Waals surface area contributed by atoms with Crippen LogP contribution in [0.15, 0.2) is 35.4 Å². The van der Waals surface area contributed by atoms with Crippen LogP contribution < -0.4 is 0 Å². The second-order valence-electron chi connectivity index (χ2n) is 7.44. The number of hydrogen-bond donors (Lipinski definition) is 0. The Labute approximate surface area is 135 Å². The van der Waals surface area contributed by atoms with Crippen LogP contribution in [0, 0.1) is 17.8 Å². The number of rotatable bonds is 4. The molecule has 1 aliphatic carbocycles. The third kappa shape index (κ3) is 3.45. The molecule has 1 aliphatic heterocycles. The molecule has 120 valence electrons. The SMILES string of the molecule is CC(C)[C@H]1CC[C@H](C)C[C@H]1N1CN(Cc2ccccc2)C=N1. The van der Waals surface area contributed by atoms with E-state index in [1.54, 1.807) is 0 Å². The summed E-state index contributed by atoms with van der Waals surface area (Å²) in [5, 5.41) is 7.09. The van der Waals surface area contributed by atoms with Crippen LogP contribution in [-0.2, 0) is 6.54 Å². The van der Waals surface area contributed by atoms with E-state index in [1.165, 1.54) is 24.8 Å². The molecule has 1 saturated carbocycles. The molecule has 0 amide bonds. The topological polar surface area (TPSA) is 18.8 Å². The minimum absolute atomic E-state index is 0.612. The lowest BCUT2D eigenvalue weighted by atomic mass is 9.74. The van der Waals surface area contributed by atoms with Gasteiger partial charge in [-0.1, -0.05) is 57.5 Å². The molecule has 0 N–H and O–H groups in total. The number of hydrazone groups is 1. The smallest absolute Gasteiger partial charge is 0.113 e. The summed E-state index contributed by atoms with van der Waals surface area (Å²) >= 11 is 0. The van der Waals surface area contributed by atoms with Gasteiger partial charge in [-0.05, 0) is 36.2 Å². The van der Waals surface area contributed by atoms with Crippen LogP contribution in [0.1, 0.15) is 45.6 Å². The molecule has 0 unspecified atom stereocenters. The summed E-state index contributed by atoms with van der Waals surface area (Å²) < 4.78 is 0. The van der Waals surface area contributed by atoms with Gasteiger partial charge < -0.3 is 4.90 Å². The van der Waals surface area contributed by atoms with Crippen LogP contribution in [0.4, 0.5) is 0 Å². The van der Waals surface area contributed by atoms with Gasteiger partial charge in [0, 0.05) is 6.54 Å². The van der Waals surface area contributed by atoms with Crippen molar-refractivity contribution in [3.63, 3.8) is 0 Å². The second kappa shape index (κ2) is 6.72. The first-order valence-electron chi connectivity index (χ1n) is 8.72. The highest BCUT2D eigenvalue weighted by atomic mass is 15.6. The van der Waals surface area contributed by atoms with Gasteiger partial charge in [0.2, 0.25) is 0 Å². The van der Waals surface area contributed by atoms with Crippen LogP contribution in [-0.4, -0.2) is 29.0 Å². The summed E-state index contributed by atoms with van der Waals surface area (Å²) in [6.45, 7) is 9.03. The van der Waals surface area contributed by atoms with Crippen molar-refractivity contribution < 1.29 is 0 Å². The minimum Gasteiger partial charge on any atom is -0.338 e. The van der Waals surface area contributed by atoms with Crippen molar-refractivity contribution in [2.45, 2.75) is 52.6 Å². The summed E-state index contributed by atoms with van der Waals surface area (Å²) in [4.78, 5) is 2.33. The van der Waals surface area contributed by atoms with Gasteiger partial charge in [0.15, 0.2) is 0 Å². The maximum absolute atomic E-state index is 4.74. The van der Waals surface area contributed by atoms with Gasteiger partial charge in [-0.3, -0.25) is 5.01 Å². The zero-order valence-electron chi connectivity index (χ0n) is 14.2. The predicted octanol–water partition coefficient (Wildman–Crippen LogP) is 4.17. The normalized spacial score (nSPS) is 28.6. The lowest BCUT2D eigenvalue weighted by Crippen LogP contribution is -2.44. The first-order chi connectivity index (χ1) is 10.6. The van der Waals surface area contributed by atoms with E-state index in [0.717, 1.165) is 31.0 Å². The zero-order valence-corrected chi connectivity index (χ0v) is 14.2. The third-order valence-corrected chi connectivity index (χ3v) is 5.29. The molecule has 1 fully saturated rings. The third-order valence-electron chi connectivity index (χ3n) is 5.29. The summed E-state index contributed by atoms with van der Waals surface area (Å²) in [6, 6.07) is 11.3. The fourth-order valence-electron chi connectivity index (χ4n) is 3.99. The monoisotopic (exact) mass is 299 g/mol. The van der Waals surface area contributed by atoms with E-state index in [2.05, 4.69) is 61.0 Å². The Hall–Kier alpha value is -1.51. The van der Waals surface area contributed by atoms with Crippen LogP contribution in [0.2, 0.25) is 0 Å². The van der Waals surface area contributed by atoms with Gasteiger partial charge in [0.25, 0.3) is 0 Å². The average Bonchev–Trinajstić information content (AvgIpc) is 2.96. The van der Waals surface area contributed by atoms with Crippen molar-refractivity contribution in [2.24, 2.45) is 22.9 Å². The number of benzene rings is 1. The van der Waals surface area contributed by atoms with E-state index >= 15 is 0 Å². The van der Waals surface area contributed by atoms with Crippen molar-refractivity contribution in [1.29, 1.82) is 0 Å². The Morgan fingerprint density at radius 2 is 1.95 bits per heavy atom. The summed E-state index contributed by atoms with van der Waals surface area (Å²) in [5.41, 5.74) is 1.35. The Morgan fingerprint density at radius 3 is 2.68 bits per heavy atom. The van der Waals surface area contributed by atoms with Crippen LogP contribution >= 0.6 is 0 Å². The molecule has 3 rings (SSSR count). The van der Waals surface area contributed by atoms with Crippen molar-refractivity contribution >= 4 is 6.34 Å². The van der Waals surface area contributed by atoms with Crippen molar-refractivity contribution in [1.82, 2.24) is 9.91 Å². The Morgan fingerprint density at radius 1 is 1.18 bits per heavy atom. The minimum atomic E-state index is 0.612. The van der Waals surface area contributed by atoms with E-state index in [1.807, 2.05) is 6.34 Å². The first kappa shape index (κ1) is 15.4. The maximum atomic E-state index is 4.74. The zero-order chi connectivity index (χ0) is 15.5. The Bertz CT molecular complexity index is 497. The second-order valence-corrected chi connectivity index (χ2v) is 7.44. The molecular formula is C19H29N3. The summed E-state index contributed by atoms with van der Waals surface area (Å²) in [7, 11) is 0. The fraction of sp³-hybridized carbons (Fsp3) is 0.632. The fourth-order valence-corrected chi connectivity index (χ4v) is 3.99. The molecule has 0 aromatic heterocycles. The largest absolute Gasteiger partial charge is 0.338 e. The molecule has 3 nitrogen and oxygen atoms in total. The van der Waals surface area contributed by atoms with Gasteiger partial charge in [-0.15, -0.1) is 0 Å². The van der Waals surface area contributed by atoms with Gasteiger partial charge >= 0.3 is 0 Å². The molecule has 3 heteroatoms. The molecule has 0 radical (unpaired) electrons. The molecule has 2 aliphatic rings. The molecule has 0 saturated heterocycles. The summed E-state index contributed by atoms with van der Waals surface area (Å²) in [6.07, 6.45) is 6.06. The van der Waals surface area contributed by atoms with Crippen LogP contribution in [0.5, 0.6) is 0 Å². The van der Waals surface area contributed by atoms with Crippen LogP contribution in [0.3, 0.4) is 0 Å². The Kier molecular flexibility index (Phi) is 4.70. The highest BCUT2D eigenvalue weighted by Gasteiger charge is 2.36. The molecule has 0 bridgehead atoms. The summed E-state index contributed by atoms with van der Waals surface area (Å²) in [5.74, 6) is 2.36. The van der Waals surface area contributed by atoms with E-state index < -0.39 is 0 Å². The van der Waals surface area contributed by atoms with Crippen molar-refractivity contribution in [3.8, 4) is 0 Å². The average molecular weight is 299 g/mol. The predicted molar refractivity (Wildman–Crippen MR) is 92.3 cm³/mol. The van der Waals surface area contributed by atoms with E-state index in [-0.39, 0.29) is 0 Å². The molecule has 1 heterocycles. The lowest BCUT2D eigenvalue weighted by Gasteiger charge is -2.41. The maximum Gasteiger partial charge on any atom is 0.113 e. The van der Waals surface area contributed by atoms with E-state index in [0.29, 0.717) is 6.04 Å². The number of hydrogen-bond acceptors (Lipinski definition) is 3.